The average Bonchev–Trinajstić information content (AvgIpc) is 2.82. The number of likely N-dealkylation sites (N-methyl/N-ethyl adjacent to an activating group) is 1. The largest absolute Gasteiger partial charge is 0.511 e. The van der Waals surface area contributed by atoms with Crippen LogP contribution in [-0.2, 0) is 22.6 Å². The average molecular weight is 530 g/mol. The van der Waals surface area contributed by atoms with Crippen LogP contribution in [-0.4, -0.2) is 82.0 Å². The van der Waals surface area contributed by atoms with E-state index in [9.17, 15) is 34.1 Å². The molecule has 1 amide bonds. The number of carbonyl (C=O) groups is 3. The van der Waals surface area contributed by atoms with Gasteiger partial charge in [0, 0.05) is 24.2 Å². The summed E-state index contributed by atoms with van der Waals surface area (Å²) in [5.74, 6) is -5.70. The van der Waals surface area contributed by atoms with E-state index in [1.165, 1.54) is 6.92 Å². The number of aliphatic hydroxyl groups excluding tert-OH is 2. The lowest BCUT2D eigenvalue weighted by Crippen LogP contribution is -2.53. The molecular weight excluding hydrogens is 493 g/mol. The van der Waals surface area contributed by atoms with Gasteiger partial charge in [0.1, 0.15) is 22.8 Å². The minimum Gasteiger partial charge on any atom is -0.511 e. The summed E-state index contributed by atoms with van der Waals surface area (Å²) < 4.78 is 13.4. The third-order valence-corrected chi connectivity index (χ3v) is 8.21. The summed E-state index contributed by atoms with van der Waals surface area (Å²) in [6, 6.07) is 2.82. The van der Waals surface area contributed by atoms with E-state index in [-0.39, 0.29) is 16.9 Å². The maximum atomic E-state index is 13.8. The van der Waals surface area contributed by atoms with Crippen molar-refractivity contribution in [3.8, 4) is 5.75 Å². The number of fused-ring (bicyclic) bond motifs is 3. The summed E-state index contributed by atoms with van der Waals surface area (Å²) in [6.07, 6.45) is 0.0673. The van der Waals surface area contributed by atoms with Gasteiger partial charge in [0.15, 0.2) is 11.6 Å². The minimum atomic E-state index is -1.21. The van der Waals surface area contributed by atoms with Gasteiger partial charge in [-0.05, 0) is 64.2 Å². The Labute approximate surface area is 221 Å². The number of halogens is 1. The molecule has 5 N–H and O–H groups in total. The van der Waals surface area contributed by atoms with Gasteiger partial charge >= 0.3 is 0 Å². The number of primary amides is 1. The van der Waals surface area contributed by atoms with Crippen LogP contribution in [0.5, 0.6) is 5.75 Å². The lowest BCUT2D eigenvalue weighted by molar-refractivity contribution is -0.127. The van der Waals surface area contributed by atoms with Crippen molar-refractivity contribution in [1.82, 2.24) is 9.80 Å². The molecule has 0 bridgehead atoms. The van der Waals surface area contributed by atoms with Crippen molar-refractivity contribution >= 4 is 17.5 Å². The molecule has 0 aliphatic heterocycles. The predicted molar refractivity (Wildman–Crippen MR) is 138 cm³/mol. The van der Waals surface area contributed by atoms with Crippen molar-refractivity contribution in [2.24, 2.45) is 23.5 Å². The number of Topliss-reactive ketones (excluding diaryl/α,β-unsaturated/α-hetero) is 2. The molecule has 0 heterocycles. The molecule has 0 aromatic heterocycles. The number of allylic oxidation sites excluding steroid dienone is 2. The van der Waals surface area contributed by atoms with Crippen LogP contribution in [0.2, 0.25) is 0 Å². The minimum absolute atomic E-state index is 0.0564. The number of carbonyl (C=O) groups excluding carboxylic acids is 3. The van der Waals surface area contributed by atoms with Gasteiger partial charge in [-0.1, -0.05) is 19.1 Å². The van der Waals surface area contributed by atoms with Gasteiger partial charge in [0.05, 0.1) is 23.7 Å². The number of rotatable bonds is 8. The van der Waals surface area contributed by atoms with E-state index in [2.05, 4.69) is 0 Å². The summed E-state index contributed by atoms with van der Waals surface area (Å²) in [4.78, 5) is 42.7. The number of phenols is 1. The maximum Gasteiger partial charge on any atom is 0.255 e. The van der Waals surface area contributed by atoms with E-state index >= 15 is 0 Å². The van der Waals surface area contributed by atoms with Crippen molar-refractivity contribution in [3.63, 3.8) is 0 Å². The monoisotopic (exact) mass is 529 g/mol. The fraction of sp³-hybridized carbons (Fsp3) is 0.536. The second-order valence-corrected chi connectivity index (χ2v) is 10.8. The summed E-state index contributed by atoms with van der Waals surface area (Å²) >= 11 is 0. The molecular formula is C28H36FN3O6. The van der Waals surface area contributed by atoms with Crippen LogP contribution in [0.3, 0.4) is 0 Å². The number of aliphatic hydroxyl groups is 2. The molecule has 2 unspecified atom stereocenters. The molecule has 9 nitrogen and oxygen atoms in total. The fourth-order valence-corrected chi connectivity index (χ4v) is 6.36. The van der Waals surface area contributed by atoms with Gasteiger partial charge < -0.3 is 21.1 Å². The Hall–Kier alpha value is -3.24. The normalized spacial score (nSPS) is 26.0. The molecule has 0 saturated heterocycles. The standard InChI is InChI=1S/C28H36FN3O6/c1-5-32(9-8-13(2)29)12-15-7-6-14-10-16-11-17-20(25(35)19(16)24(34)18(14)23(15)33)26(36)21(28(30)38)27(37)22(17)31(3)4/h6-7,13,16-17,20,22,33,35,37H,5,8-12H2,1-4H3,(H2,30,38)/t13?,16-,17+,20?,22-/m0/s1. The third-order valence-electron chi connectivity index (χ3n) is 8.21. The molecule has 0 radical (unpaired) electrons. The Bertz CT molecular complexity index is 1240. The smallest absolute Gasteiger partial charge is 0.255 e. The van der Waals surface area contributed by atoms with E-state index in [4.69, 9.17) is 5.73 Å². The number of amides is 1. The number of alkyl halides is 1. The van der Waals surface area contributed by atoms with Gasteiger partial charge in [0.2, 0.25) is 0 Å². The van der Waals surface area contributed by atoms with Crippen molar-refractivity contribution < 1.29 is 34.1 Å². The second-order valence-electron chi connectivity index (χ2n) is 10.8. The number of ketones is 2. The van der Waals surface area contributed by atoms with Crippen LogP contribution in [0.25, 0.3) is 0 Å². The van der Waals surface area contributed by atoms with Crippen molar-refractivity contribution in [2.45, 2.75) is 51.9 Å². The molecule has 10 heteroatoms. The van der Waals surface area contributed by atoms with Gasteiger partial charge in [-0.15, -0.1) is 0 Å². The quantitative estimate of drug-likeness (QED) is 0.376. The van der Waals surface area contributed by atoms with E-state index in [0.717, 1.165) is 0 Å². The van der Waals surface area contributed by atoms with Crippen LogP contribution in [0, 0.1) is 17.8 Å². The molecule has 0 spiro atoms. The number of phenolic OH excluding ortho intramolecular Hbond substituents is 1. The lowest BCUT2D eigenvalue weighted by Gasteiger charge is -2.46. The van der Waals surface area contributed by atoms with E-state index < -0.39 is 64.5 Å². The number of nitrogens with two attached hydrogens (primary N) is 1. The Morgan fingerprint density at radius 3 is 2.45 bits per heavy atom. The number of aromatic hydroxyl groups is 1. The van der Waals surface area contributed by atoms with Crippen molar-refractivity contribution in [2.75, 3.05) is 27.2 Å². The highest BCUT2D eigenvalue weighted by atomic mass is 19.1. The molecule has 0 saturated carbocycles. The summed E-state index contributed by atoms with van der Waals surface area (Å²) in [5.41, 5.74) is 6.15. The van der Waals surface area contributed by atoms with Crippen LogP contribution >= 0.6 is 0 Å². The third kappa shape index (κ3) is 4.60. The highest BCUT2D eigenvalue weighted by molar-refractivity contribution is 6.22. The first-order chi connectivity index (χ1) is 17.9. The molecule has 38 heavy (non-hydrogen) atoms. The van der Waals surface area contributed by atoms with Crippen molar-refractivity contribution in [1.29, 1.82) is 0 Å². The van der Waals surface area contributed by atoms with Gasteiger partial charge in [-0.2, -0.15) is 0 Å². The molecule has 3 aliphatic carbocycles. The number of benzene rings is 1. The Morgan fingerprint density at radius 1 is 1.18 bits per heavy atom. The molecule has 0 fully saturated rings. The molecule has 5 atom stereocenters. The summed E-state index contributed by atoms with van der Waals surface area (Å²) in [7, 11) is 3.38. The van der Waals surface area contributed by atoms with Crippen LogP contribution in [0.1, 0.15) is 48.2 Å². The predicted octanol–water partition coefficient (Wildman–Crippen LogP) is 2.58. The first kappa shape index (κ1) is 27.8. The first-order valence-electron chi connectivity index (χ1n) is 13.0. The molecule has 206 valence electrons. The van der Waals surface area contributed by atoms with E-state index in [0.29, 0.717) is 50.0 Å². The fourth-order valence-electron chi connectivity index (χ4n) is 6.36. The van der Waals surface area contributed by atoms with E-state index in [1.807, 2.05) is 11.8 Å². The number of hydrogen-bond donors (Lipinski definition) is 4. The summed E-state index contributed by atoms with van der Waals surface area (Å²) in [6.45, 7) is 4.88. The zero-order valence-corrected chi connectivity index (χ0v) is 22.2. The van der Waals surface area contributed by atoms with Gasteiger partial charge in [0.25, 0.3) is 5.91 Å². The zero-order chi connectivity index (χ0) is 28.0. The molecule has 3 aliphatic rings. The maximum absolute atomic E-state index is 13.8. The Kier molecular flexibility index (Phi) is 7.67. The molecule has 1 aromatic carbocycles. The van der Waals surface area contributed by atoms with Crippen LogP contribution in [0.15, 0.2) is 34.8 Å². The Balaban J connectivity index is 1.75. The van der Waals surface area contributed by atoms with Gasteiger partial charge in [-0.3, -0.25) is 24.2 Å². The second kappa shape index (κ2) is 10.5. The SMILES string of the molecule is CCN(CCC(C)F)Cc1ccc2c(c1O)C(=O)C1=C(O)C3C(=O)C(C(N)=O)=C(O)[C@@H](N(C)C)[C@@H]3C[C@@H]1C2. The highest BCUT2D eigenvalue weighted by Gasteiger charge is 2.54. The van der Waals surface area contributed by atoms with Crippen LogP contribution in [0.4, 0.5) is 4.39 Å². The van der Waals surface area contributed by atoms with Crippen LogP contribution < -0.4 is 5.73 Å². The number of nitrogens with zero attached hydrogens (tertiary/aromatic N) is 2. The van der Waals surface area contributed by atoms with E-state index in [1.54, 1.807) is 31.1 Å². The topological polar surface area (TPSA) is 144 Å². The highest BCUT2D eigenvalue weighted by Crippen LogP contribution is 2.50. The summed E-state index contributed by atoms with van der Waals surface area (Å²) in [5, 5.41) is 33.3. The lowest BCUT2D eigenvalue weighted by atomic mass is 9.61. The molecule has 1 aromatic rings. The first-order valence-corrected chi connectivity index (χ1v) is 13.0. The Morgan fingerprint density at radius 2 is 1.87 bits per heavy atom. The number of hydrogen-bond acceptors (Lipinski definition) is 8. The van der Waals surface area contributed by atoms with Crippen molar-refractivity contribution in [3.05, 3.63) is 51.5 Å². The zero-order valence-electron chi connectivity index (χ0n) is 22.2. The van der Waals surface area contributed by atoms with Gasteiger partial charge in [-0.25, -0.2) is 4.39 Å². The molecule has 4 rings (SSSR count).